The Morgan fingerprint density at radius 1 is 1.25 bits per heavy atom. The van der Waals surface area contributed by atoms with Crippen LogP contribution in [0.25, 0.3) is 11.4 Å². The van der Waals surface area contributed by atoms with Gasteiger partial charge in [-0.3, -0.25) is 9.78 Å². The van der Waals surface area contributed by atoms with Crippen LogP contribution in [0.2, 0.25) is 0 Å². The quantitative estimate of drug-likeness (QED) is 0.750. The number of rotatable bonds is 6. The van der Waals surface area contributed by atoms with Crippen molar-refractivity contribution in [3.63, 3.8) is 0 Å². The number of hydrogen-bond acceptors (Lipinski definition) is 6. The van der Waals surface area contributed by atoms with Crippen molar-refractivity contribution in [3.8, 4) is 17.1 Å². The fourth-order valence-corrected chi connectivity index (χ4v) is 2.15. The van der Waals surface area contributed by atoms with Crippen LogP contribution in [0.5, 0.6) is 5.75 Å². The molecule has 0 atom stereocenters. The first-order valence-corrected chi connectivity index (χ1v) is 7.42. The van der Waals surface area contributed by atoms with Crippen molar-refractivity contribution < 1.29 is 14.1 Å². The molecule has 0 fully saturated rings. The molecular formula is C17H16N4O3. The average Bonchev–Trinajstić information content (AvgIpc) is 3.10. The third kappa shape index (κ3) is 3.75. The summed E-state index contributed by atoms with van der Waals surface area (Å²) in [6.07, 6.45) is 3.91. The predicted octanol–water partition coefficient (Wildman–Crippen LogP) is 2.71. The largest absolute Gasteiger partial charge is 0.495 e. The van der Waals surface area contributed by atoms with Crippen LogP contribution < -0.4 is 10.1 Å². The van der Waals surface area contributed by atoms with E-state index in [9.17, 15) is 4.79 Å². The van der Waals surface area contributed by atoms with E-state index in [-0.39, 0.29) is 12.3 Å². The van der Waals surface area contributed by atoms with Gasteiger partial charge in [0.1, 0.15) is 5.75 Å². The highest BCUT2D eigenvalue weighted by Crippen LogP contribution is 2.23. The third-order valence-corrected chi connectivity index (χ3v) is 3.33. The Labute approximate surface area is 138 Å². The molecule has 1 aromatic carbocycles. The molecule has 1 amide bonds. The molecule has 0 saturated carbocycles. The topological polar surface area (TPSA) is 90.1 Å². The molecule has 3 aromatic rings. The van der Waals surface area contributed by atoms with Crippen molar-refractivity contribution in [2.75, 3.05) is 12.4 Å². The summed E-state index contributed by atoms with van der Waals surface area (Å²) in [7, 11) is 1.56. The molecule has 0 unspecified atom stereocenters. The molecule has 1 N–H and O–H groups in total. The average molecular weight is 324 g/mol. The number of anilines is 1. The second kappa shape index (κ2) is 7.36. The normalized spacial score (nSPS) is 10.4. The molecule has 0 aliphatic carbocycles. The van der Waals surface area contributed by atoms with Gasteiger partial charge in [-0.15, -0.1) is 0 Å². The zero-order valence-corrected chi connectivity index (χ0v) is 13.1. The monoisotopic (exact) mass is 324 g/mol. The van der Waals surface area contributed by atoms with Crippen molar-refractivity contribution in [1.82, 2.24) is 15.1 Å². The van der Waals surface area contributed by atoms with Gasteiger partial charge in [-0.2, -0.15) is 4.98 Å². The van der Waals surface area contributed by atoms with Crippen molar-refractivity contribution >= 4 is 11.6 Å². The number of carbonyl (C=O) groups is 1. The summed E-state index contributed by atoms with van der Waals surface area (Å²) in [5.74, 6) is 1.33. The van der Waals surface area contributed by atoms with Gasteiger partial charge < -0.3 is 14.6 Å². The fourth-order valence-electron chi connectivity index (χ4n) is 2.15. The van der Waals surface area contributed by atoms with Gasteiger partial charge in [-0.1, -0.05) is 17.3 Å². The molecule has 7 heteroatoms. The van der Waals surface area contributed by atoms with Crippen LogP contribution in [0.3, 0.4) is 0 Å². The highest BCUT2D eigenvalue weighted by atomic mass is 16.5. The van der Waals surface area contributed by atoms with Gasteiger partial charge in [0, 0.05) is 30.8 Å². The molecule has 2 heterocycles. The van der Waals surface area contributed by atoms with E-state index in [1.165, 1.54) is 0 Å². The minimum absolute atomic E-state index is 0.152. The molecule has 7 nitrogen and oxygen atoms in total. The Hall–Kier alpha value is -3.22. The molecule has 24 heavy (non-hydrogen) atoms. The van der Waals surface area contributed by atoms with Crippen molar-refractivity contribution in [1.29, 1.82) is 0 Å². The molecule has 0 aliphatic rings. The van der Waals surface area contributed by atoms with E-state index in [4.69, 9.17) is 9.26 Å². The number of amides is 1. The number of ether oxygens (including phenoxy) is 1. The van der Waals surface area contributed by atoms with E-state index in [2.05, 4.69) is 20.4 Å². The van der Waals surface area contributed by atoms with Crippen molar-refractivity contribution in [3.05, 3.63) is 54.7 Å². The summed E-state index contributed by atoms with van der Waals surface area (Å²) in [4.78, 5) is 20.3. The number of nitrogens with zero attached hydrogens (tertiary/aromatic N) is 3. The number of nitrogens with one attached hydrogen (secondary N) is 1. The van der Waals surface area contributed by atoms with E-state index >= 15 is 0 Å². The maximum absolute atomic E-state index is 12.1. The molecule has 2 aromatic heterocycles. The predicted molar refractivity (Wildman–Crippen MR) is 87.5 cm³/mol. The lowest BCUT2D eigenvalue weighted by Crippen LogP contribution is -2.13. The van der Waals surface area contributed by atoms with Gasteiger partial charge >= 0.3 is 0 Å². The van der Waals surface area contributed by atoms with E-state index < -0.39 is 0 Å². The van der Waals surface area contributed by atoms with E-state index in [0.29, 0.717) is 29.6 Å². The van der Waals surface area contributed by atoms with Gasteiger partial charge in [0.15, 0.2) is 0 Å². The van der Waals surface area contributed by atoms with Crippen molar-refractivity contribution in [2.24, 2.45) is 0 Å². The molecule has 0 radical (unpaired) electrons. The van der Waals surface area contributed by atoms with Crippen LogP contribution in [-0.2, 0) is 11.2 Å². The first-order valence-electron chi connectivity index (χ1n) is 7.42. The number of aryl methyl sites for hydroxylation is 1. The van der Waals surface area contributed by atoms with Gasteiger partial charge in [0.05, 0.1) is 12.8 Å². The zero-order chi connectivity index (χ0) is 16.8. The van der Waals surface area contributed by atoms with Gasteiger partial charge in [0.25, 0.3) is 0 Å². The standard InChI is InChI=1S/C17H16N4O3/c1-23-14-7-3-2-6-13(14)19-15(22)8-9-16-20-17(21-24-16)12-5-4-10-18-11-12/h2-7,10-11H,8-9H2,1H3,(H,19,22). The molecule has 0 bridgehead atoms. The second-order valence-electron chi connectivity index (χ2n) is 5.00. The Kier molecular flexibility index (Phi) is 4.81. The molecule has 122 valence electrons. The third-order valence-electron chi connectivity index (χ3n) is 3.33. The first-order chi connectivity index (χ1) is 11.8. The molecule has 0 aliphatic heterocycles. The molecule has 0 saturated heterocycles. The SMILES string of the molecule is COc1ccccc1NC(=O)CCc1nc(-c2cccnc2)no1. The summed E-state index contributed by atoms with van der Waals surface area (Å²) < 4.78 is 10.4. The Bertz CT molecular complexity index is 817. The number of pyridine rings is 1. The number of hydrogen-bond donors (Lipinski definition) is 1. The van der Waals surface area contributed by atoms with E-state index in [1.54, 1.807) is 37.7 Å². The fraction of sp³-hybridized carbons (Fsp3) is 0.176. The highest BCUT2D eigenvalue weighted by molar-refractivity contribution is 5.92. The van der Waals surface area contributed by atoms with Gasteiger partial charge in [-0.05, 0) is 24.3 Å². The summed E-state index contributed by atoms with van der Waals surface area (Å²) >= 11 is 0. The van der Waals surface area contributed by atoms with Crippen LogP contribution in [0.1, 0.15) is 12.3 Å². The van der Waals surface area contributed by atoms with E-state index in [1.807, 2.05) is 18.2 Å². The summed E-state index contributed by atoms with van der Waals surface area (Å²) in [6.45, 7) is 0. The zero-order valence-electron chi connectivity index (χ0n) is 13.1. The minimum Gasteiger partial charge on any atom is -0.495 e. The van der Waals surface area contributed by atoms with Crippen LogP contribution in [0.15, 0.2) is 53.3 Å². The number of benzene rings is 1. The van der Waals surface area contributed by atoms with Gasteiger partial charge in [-0.25, -0.2) is 0 Å². The Morgan fingerprint density at radius 3 is 2.92 bits per heavy atom. The lowest BCUT2D eigenvalue weighted by molar-refractivity contribution is -0.116. The molecular weight excluding hydrogens is 308 g/mol. The Balaban J connectivity index is 1.58. The number of aromatic nitrogens is 3. The van der Waals surface area contributed by atoms with Crippen LogP contribution >= 0.6 is 0 Å². The summed E-state index contributed by atoms with van der Waals surface area (Å²) in [5.41, 5.74) is 1.40. The van der Waals surface area contributed by atoms with Gasteiger partial charge in [0.2, 0.25) is 17.6 Å². The lowest BCUT2D eigenvalue weighted by Gasteiger charge is -2.08. The number of carbonyl (C=O) groups excluding carboxylic acids is 1. The number of methoxy groups -OCH3 is 1. The summed E-state index contributed by atoms with van der Waals surface area (Å²) in [5, 5.41) is 6.70. The second-order valence-corrected chi connectivity index (χ2v) is 5.00. The highest BCUT2D eigenvalue weighted by Gasteiger charge is 2.12. The molecule has 0 spiro atoms. The number of para-hydroxylation sites is 2. The van der Waals surface area contributed by atoms with Crippen LogP contribution in [-0.4, -0.2) is 28.1 Å². The smallest absolute Gasteiger partial charge is 0.227 e. The van der Waals surface area contributed by atoms with Crippen LogP contribution in [0.4, 0.5) is 5.69 Å². The van der Waals surface area contributed by atoms with Crippen LogP contribution in [0, 0.1) is 0 Å². The lowest BCUT2D eigenvalue weighted by atomic mass is 10.2. The first kappa shape index (κ1) is 15.7. The minimum atomic E-state index is -0.152. The maximum atomic E-state index is 12.1. The van der Waals surface area contributed by atoms with Crippen molar-refractivity contribution in [2.45, 2.75) is 12.8 Å². The molecule has 3 rings (SSSR count). The Morgan fingerprint density at radius 2 is 2.12 bits per heavy atom. The van der Waals surface area contributed by atoms with E-state index in [0.717, 1.165) is 5.56 Å². The summed E-state index contributed by atoms with van der Waals surface area (Å²) in [6, 6.07) is 10.9. The maximum Gasteiger partial charge on any atom is 0.227 e.